The van der Waals surface area contributed by atoms with Gasteiger partial charge < -0.3 is 19.5 Å². The summed E-state index contributed by atoms with van der Waals surface area (Å²) in [5.41, 5.74) is 0. The van der Waals surface area contributed by atoms with Crippen LogP contribution in [0.4, 0.5) is 0 Å². The highest BCUT2D eigenvalue weighted by atomic mass is 16.5. The minimum atomic E-state index is 0.659. The third kappa shape index (κ3) is 10.7. The highest BCUT2D eigenvalue weighted by Crippen LogP contribution is 2.18. The van der Waals surface area contributed by atoms with E-state index in [9.17, 15) is 0 Å². The molecule has 0 bridgehead atoms. The third-order valence-electron chi connectivity index (χ3n) is 2.78. The van der Waals surface area contributed by atoms with Crippen LogP contribution >= 0.6 is 0 Å². The fourth-order valence-corrected chi connectivity index (χ4v) is 1.56. The largest absolute Gasteiger partial charge is 0.382 e. The van der Waals surface area contributed by atoms with Gasteiger partial charge in [0, 0.05) is 19.8 Å². The standard InChI is InChI=1S/C13H27NO3/c1-15-9-10-17-12-11-16-8-4-2-3-7-14-13-5-6-13/h13-14H,2-12H2,1H3. The molecule has 0 heterocycles. The first-order valence-electron chi connectivity index (χ1n) is 6.81. The maximum Gasteiger partial charge on any atom is 0.0701 e. The van der Waals surface area contributed by atoms with Gasteiger partial charge in [0.25, 0.3) is 0 Å². The lowest BCUT2D eigenvalue weighted by atomic mass is 10.2. The molecule has 1 saturated carbocycles. The van der Waals surface area contributed by atoms with Crippen molar-refractivity contribution in [1.29, 1.82) is 0 Å². The first-order chi connectivity index (χ1) is 8.43. The molecule has 0 aromatic heterocycles. The van der Waals surface area contributed by atoms with E-state index in [1.807, 2.05) is 0 Å². The molecular weight excluding hydrogens is 218 g/mol. The van der Waals surface area contributed by atoms with Crippen LogP contribution < -0.4 is 5.32 Å². The molecule has 0 amide bonds. The van der Waals surface area contributed by atoms with Crippen molar-refractivity contribution in [3.8, 4) is 0 Å². The lowest BCUT2D eigenvalue weighted by Crippen LogP contribution is -2.17. The van der Waals surface area contributed by atoms with E-state index in [1.54, 1.807) is 7.11 Å². The Morgan fingerprint density at radius 1 is 0.882 bits per heavy atom. The molecule has 0 aromatic carbocycles. The number of unbranched alkanes of at least 4 members (excludes halogenated alkanes) is 2. The normalized spacial score (nSPS) is 15.4. The summed E-state index contributed by atoms with van der Waals surface area (Å²) in [6, 6.07) is 0.843. The van der Waals surface area contributed by atoms with Crippen LogP contribution in [0.2, 0.25) is 0 Å². The fraction of sp³-hybridized carbons (Fsp3) is 1.00. The zero-order chi connectivity index (χ0) is 12.2. The smallest absolute Gasteiger partial charge is 0.0701 e. The van der Waals surface area contributed by atoms with E-state index in [1.165, 1.54) is 32.2 Å². The maximum atomic E-state index is 5.47. The van der Waals surface area contributed by atoms with Crippen LogP contribution in [0.1, 0.15) is 32.1 Å². The van der Waals surface area contributed by atoms with Gasteiger partial charge in [-0.3, -0.25) is 0 Å². The molecule has 0 atom stereocenters. The molecule has 0 spiro atoms. The molecular formula is C13H27NO3. The highest BCUT2D eigenvalue weighted by molar-refractivity contribution is 4.80. The van der Waals surface area contributed by atoms with Gasteiger partial charge in [0.1, 0.15) is 0 Å². The second kappa shape index (κ2) is 11.0. The first kappa shape index (κ1) is 14.9. The zero-order valence-corrected chi connectivity index (χ0v) is 11.1. The lowest BCUT2D eigenvalue weighted by Gasteiger charge is -2.06. The number of hydrogen-bond donors (Lipinski definition) is 1. The van der Waals surface area contributed by atoms with E-state index in [0.29, 0.717) is 26.4 Å². The van der Waals surface area contributed by atoms with Gasteiger partial charge in [-0.25, -0.2) is 0 Å². The van der Waals surface area contributed by atoms with Crippen LogP contribution in [0.25, 0.3) is 0 Å². The van der Waals surface area contributed by atoms with E-state index in [2.05, 4.69) is 5.32 Å². The molecule has 1 fully saturated rings. The van der Waals surface area contributed by atoms with Crippen molar-refractivity contribution in [3.05, 3.63) is 0 Å². The first-order valence-corrected chi connectivity index (χ1v) is 6.81. The monoisotopic (exact) mass is 245 g/mol. The SMILES string of the molecule is COCCOCCOCCCCCNC1CC1. The summed E-state index contributed by atoms with van der Waals surface area (Å²) in [5, 5.41) is 3.51. The van der Waals surface area contributed by atoms with Crippen LogP contribution in [0, 0.1) is 0 Å². The summed E-state index contributed by atoms with van der Waals surface area (Å²) in [5.74, 6) is 0. The third-order valence-corrected chi connectivity index (χ3v) is 2.78. The predicted molar refractivity (Wildman–Crippen MR) is 68.4 cm³/mol. The molecule has 102 valence electrons. The Kier molecular flexibility index (Phi) is 9.61. The Labute approximate surface area is 105 Å². The number of methoxy groups -OCH3 is 1. The van der Waals surface area contributed by atoms with E-state index in [4.69, 9.17) is 14.2 Å². The summed E-state index contributed by atoms with van der Waals surface area (Å²) in [7, 11) is 1.68. The second-order valence-corrected chi connectivity index (χ2v) is 4.51. The van der Waals surface area contributed by atoms with E-state index < -0.39 is 0 Å². The summed E-state index contributed by atoms with van der Waals surface area (Å²) in [4.78, 5) is 0. The van der Waals surface area contributed by atoms with Crippen LogP contribution in [0.3, 0.4) is 0 Å². The maximum absolute atomic E-state index is 5.47. The summed E-state index contributed by atoms with van der Waals surface area (Å²) in [6.45, 7) is 4.72. The van der Waals surface area contributed by atoms with Gasteiger partial charge in [-0.1, -0.05) is 0 Å². The molecule has 0 radical (unpaired) electrons. The van der Waals surface area contributed by atoms with Crippen molar-refractivity contribution in [2.45, 2.75) is 38.1 Å². The van der Waals surface area contributed by atoms with E-state index >= 15 is 0 Å². The number of ether oxygens (including phenoxy) is 3. The van der Waals surface area contributed by atoms with Crippen molar-refractivity contribution in [2.75, 3.05) is 46.7 Å². The van der Waals surface area contributed by atoms with Crippen LogP contribution in [0.5, 0.6) is 0 Å². The quantitative estimate of drug-likeness (QED) is 0.500. The molecule has 0 aromatic rings. The van der Waals surface area contributed by atoms with E-state index in [0.717, 1.165) is 19.1 Å². The molecule has 4 heteroatoms. The molecule has 1 aliphatic carbocycles. The Morgan fingerprint density at radius 2 is 1.59 bits per heavy atom. The Hall–Kier alpha value is -0.160. The topological polar surface area (TPSA) is 39.7 Å². The van der Waals surface area contributed by atoms with Crippen molar-refractivity contribution >= 4 is 0 Å². The van der Waals surface area contributed by atoms with E-state index in [-0.39, 0.29) is 0 Å². The molecule has 0 saturated heterocycles. The molecule has 4 nitrogen and oxygen atoms in total. The average molecular weight is 245 g/mol. The van der Waals surface area contributed by atoms with Gasteiger partial charge in [-0.05, 0) is 38.6 Å². The fourth-order valence-electron chi connectivity index (χ4n) is 1.56. The minimum absolute atomic E-state index is 0.659. The summed E-state index contributed by atoms with van der Waals surface area (Å²) in [6.07, 6.45) is 6.44. The van der Waals surface area contributed by atoms with Crippen molar-refractivity contribution in [1.82, 2.24) is 5.32 Å². The Bertz CT molecular complexity index is 163. The van der Waals surface area contributed by atoms with Crippen LogP contribution in [-0.2, 0) is 14.2 Å². The number of rotatable bonds is 13. The molecule has 1 N–H and O–H groups in total. The summed E-state index contributed by atoms with van der Waals surface area (Å²) >= 11 is 0. The predicted octanol–water partition coefficient (Wildman–Crippen LogP) is 1.59. The van der Waals surface area contributed by atoms with Crippen molar-refractivity contribution < 1.29 is 14.2 Å². The molecule has 1 rings (SSSR count). The average Bonchev–Trinajstić information content (AvgIpc) is 3.15. The highest BCUT2D eigenvalue weighted by Gasteiger charge is 2.19. The van der Waals surface area contributed by atoms with Gasteiger partial charge >= 0.3 is 0 Å². The van der Waals surface area contributed by atoms with Crippen molar-refractivity contribution in [2.24, 2.45) is 0 Å². The van der Waals surface area contributed by atoms with Gasteiger partial charge in [-0.2, -0.15) is 0 Å². The Balaban J connectivity index is 1.61. The summed E-state index contributed by atoms with van der Waals surface area (Å²) < 4.78 is 15.6. The molecule has 0 unspecified atom stereocenters. The van der Waals surface area contributed by atoms with Crippen LogP contribution in [0.15, 0.2) is 0 Å². The minimum Gasteiger partial charge on any atom is -0.382 e. The van der Waals surface area contributed by atoms with Crippen LogP contribution in [-0.4, -0.2) is 52.7 Å². The molecule has 1 aliphatic rings. The Morgan fingerprint density at radius 3 is 2.29 bits per heavy atom. The number of hydrogen-bond acceptors (Lipinski definition) is 4. The van der Waals surface area contributed by atoms with Gasteiger partial charge in [0.05, 0.1) is 26.4 Å². The van der Waals surface area contributed by atoms with Gasteiger partial charge in [-0.15, -0.1) is 0 Å². The number of nitrogens with one attached hydrogen (secondary N) is 1. The lowest BCUT2D eigenvalue weighted by molar-refractivity contribution is 0.0240. The van der Waals surface area contributed by atoms with Crippen molar-refractivity contribution in [3.63, 3.8) is 0 Å². The van der Waals surface area contributed by atoms with Gasteiger partial charge in [0.2, 0.25) is 0 Å². The molecule has 17 heavy (non-hydrogen) atoms. The second-order valence-electron chi connectivity index (χ2n) is 4.51. The molecule has 0 aliphatic heterocycles. The van der Waals surface area contributed by atoms with Gasteiger partial charge in [0.15, 0.2) is 0 Å². The zero-order valence-electron chi connectivity index (χ0n) is 11.1.